The van der Waals surface area contributed by atoms with Gasteiger partial charge in [-0.05, 0) is 35.4 Å². The summed E-state index contributed by atoms with van der Waals surface area (Å²) in [5.74, 6) is 0.352. The Kier molecular flexibility index (Phi) is 5.69. The lowest BCUT2D eigenvalue weighted by Crippen LogP contribution is -2.29. The van der Waals surface area contributed by atoms with Crippen molar-refractivity contribution in [1.29, 1.82) is 0 Å². The van der Waals surface area contributed by atoms with Crippen molar-refractivity contribution in [3.8, 4) is 0 Å². The van der Waals surface area contributed by atoms with Crippen LogP contribution in [0.4, 0.5) is 5.95 Å². The maximum absolute atomic E-state index is 12.6. The van der Waals surface area contributed by atoms with E-state index in [0.29, 0.717) is 18.0 Å². The quantitative estimate of drug-likeness (QED) is 0.304. The van der Waals surface area contributed by atoms with Crippen molar-refractivity contribution < 1.29 is 0 Å². The Morgan fingerprint density at radius 2 is 1.90 bits per heavy atom. The largest absolute Gasteiger partial charge is 0.329 e. The zero-order valence-electron chi connectivity index (χ0n) is 15.8. The Labute approximate surface area is 187 Å². The van der Waals surface area contributed by atoms with Gasteiger partial charge in [0.15, 0.2) is 11.2 Å². The number of hydrogen-bond acceptors (Lipinski definition) is 5. The summed E-state index contributed by atoms with van der Waals surface area (Å²) >= 11 is 6.86. The number of halogens is 2. The minimum atomic E-state index is -0.524. The third-order valence-corrected chi connectivity index (χ3v) is 5.51. The van der Waals surface area contributed by atoms with Crippen molar-refractivity contribution in [2.75, 3.05) is 5.43 Å². The predicted molar refractivity (Wildman–Crippen MR) is 124 cm³/mol. The molecule has 2 heterocycles. The zero-order valence-corrected chi connectivity index (χ0v) is 18.9. The lowest BCUT2D eigenvalue weighted by molar-refractivity contribution is 0.808. The first-order valence-electron chi connectivity index (χ1n) is 8.91. The smallest absolute Gasteiger partial charge is 0.298 e. The van der Waals surface area contributed by atoms with E-state index in [0.717, 1.165) is 20.1 Å². The molecule has 0 saturated heterocycles. The van der Waals surface area contributed by atoms with Crippen LogP contribution in [-0.2, 0) is 13.6 Å². The van der Waals surface area contributed by atoms with Gasteiger partial charge in [-0.3, -0.25) is 18.9 Å². The Morgan fingerprint density at radius 1 is 1.13 bits per heavy atom. The number of nitrogens with zero attached hydrogens (tertiary/aromatic N) is 4. The molecule has 0 radical (unpaired) electrons. The number of fused-ring (bicyclic) bond motifs is 1. The fraction of sp³-hybridized carbons (Fsp3) is 0.100. The highest BCUT2D eigenvalue weighted by Gasteiger charge is 2.17. The van der Waals surface area contributed by atoms with Crippen LogP contribution in [0.2, 0.25) is 0 Å². The van der Waals surface area contributed by atoms with Crippen LogP contribution in [0.5, 0.6) is 0 Å². The van der Waals surface area contributed by atoms with E-state index in [2.05, 4.69) is 52.4 Å². The molecule has 2 aromatic heterocycles. The Hall–Kier alpha value is -2.98. The Morgan fingerprint density at radius 3 is 2.63 bits per heavy atom. The normalized spacial score (nSPS) is 11.4. The van der Waals surface area contributed by atoms with E-state index in [4.69, 9.17) is 0 Å². The third kappa shape index (κ3) is 4.14. The average molecular weight is 532 g/mol. The molecule has 8 nitrogen and oxygen atoms in total. The van der Waals surface area contributed by atoms with Crippen molar-refractivity contribution in [3.63, 3.8) is 0 Å². The summed E-state index contributed by atoms with van der Waals surface area (Å²) < 4.78 is 4.91. The molecule has 0 aliphatic carbocycles. The fourth-order valence-electron chi connectivity index (χ4n) is 3.01. The highest BCUT2D eigenvalue weighted by Crippen LogP contribution is 2.19. The van der Waals surface area contributed by atoms with Crippen molar-refractivity contribution >= 4 is 55.2 Å². The number of nitrogens with one attached hydrogen (secondary N) is 2. The minimum Gasteiger partial charge on any atom is -0.298 e. The maximum Gasteiger partial charge on any atom is 0.329 e. The maximum atomic E-state index is 12.6. The summed E-state index contributed by atoms with van der Waals surface area (Å²) in [6.45, 7) is 0.368. The summed E-state index contributed by atoms with van der Waals surface area (Å²) in [6, 6.07) is 15.4. The average Bonchev–Trinajstić information content (AvgIpc) is 3.07. The van der Waals surface area contributed by atoms with Gasteiger partial charge in [-0.2, -0.15) is 10.1 Å². The minimum absolute atomic E-state index is 0.278. The molecule has 0 spiro atoms. The van der Waals surface area contributed by atoms with Gasteiger partial charge >= 0.3 is 5.69 Å². The van der Waals surface area contributed by atoms with Crippen LogP contribution in [0, 0.1) is 0 Å². The van der Waals surface area contributed by atoms with Crippen molar-refractivity contribution in [2.45, 2.75) is 6.54 Å². The second-order valence-corrected chi connectivity index (χ2v) is 8.39. The number of aryl methyl sites for hydroxylation is 1. The molecule has 4 aromatic rings. The second-order valence-electron chi connectivity index (χ2n) is 6.56. The highest BCUT2D eigenvalue weighted by molar-refractivity contribution is 9.10. The molecule has 0 fully saturated rings. The lowest BCUT2D eigenvalue weighted by atomic mass is 10.2. The number of hydrogen-bond donors (Lipinski definition) is 2. The molecule has 0 saturated carbocycles. The molecule has 0 unspecified atom stereocenters. The van der Waals surface area contributed by atoms with Gasteiger partial charge in [0.05, 0.1) is 12.8 Å². The van der Waals surface area contributed by atoms with Crippen LogP contribution >= 0.6 is 31.9 Å². The van der Waals surface area contributed by atoms with E-state index < -0.39 is 11.2 Å². The first-order valence-corrected chi connectivity index (χ1v) is 10.5. The standard InChI is InChI=1S/C20H16Br2N6O2/c1-27-17-16(18(29)25-20(27)30)28(11-13-3-2-4-15(22)9-13)19(24-17)26-23-10-12-5-7-14(21)8-6-12/h2-10H,11H2,1H3,(H,24,26)(H,25,29,30). The predicted octanol–water partition coefficient (Wildman–Crippen LogP) is 3.44. The summed E-state index contributed by atoms with van der Waals surface area (Å²) in [5.41, 5.74) is 4.30. The molecule has 0 atom stereocenters. The van der Waals surface area contributed by atoms with Crippen LogP contribution in [0.1, 0.15) is 11.1 Å². The number of rotatable bonds is 5. The number of anilines is 1. The van der Waals surface area contributed by atoms with E-state index in [1.807, 2.05) is 48.5 Å². The van der Waals surface area contributed by atoms with Crippen molar-refractivity contribution in [3.05, 3.63) is 89.4 Å². The molecule has 2 N–H and O–H groups in total. The Balaban J connectivity index is 1.78. The summed E-state index contributed by atoms with van der Waals surface area (Å²) in [7, 11) is 1.56. The summed E-state index contributed by atoms with van der Waals surface area (Å²) in [5, 5.41) is 4.26. The summed E-state index contributed by atoms with van der Waals surface area (Å²) in [4.78, 5) is 31.4. The second kappa shape index (κ2) is 8.41. The van der Waals surface area contributed by atoms with Gasteiger partial charge in [-0.15, -0.1) is 0 Å². The molecular weight excluding hydrogens is 516 g/mol. The SMILES string of the molecule is Cn1c(=O)[nH]c(=O)c2c1nc(NN=Cc1ccc(Br)cc1)n2Cc1cccc(Br)c1. The highest BCUT2D eigenvalue weighted by atomic mass is 79.9. The zero-order chi connectivity index (χ0) is 21.3. The van der Waals surface area contributed by atoms with Crippen molar-refractivity contribution in [1.82, 2.24) is 19.1 Å². The van der Waals surface area contributed by atoms with Gasteiger partial charge in [-0.25, -0.2) is 10.2 Å². The third-order valence-electron chi connectivity index (χ3n) is 4.48. The topological polar surface area (TPSA) is 97.1 Å². The number of aromatic amines is 1. The van der Waals surface area contributed by atoms with Crippen LogP contribution in [0.3, 0.4) is 0 Å². The molecule has 0 bridgehead atoms. The number of hydrazone groups is 1. The van der Waals surface area contributed by atoms with Gasteiger partial charge in [0.25, 0.3) is 5.56 Å². The number of H-pyrrole nitrogens is 1. The lowest BCUT2D eigenvalue weighted by Gasteiger charge is -2.08. The first kappa shape index (κ1) is 20.3. The Bertz CT molecular complexity index is 1370. The molecule has 0 amide bonds. The van der Waals surface area contributed by atoms with Gasteiger partial charge in [0.1, 0.15) is 0 Å². The first-order chi connectivity index (χ1) is 14.4. The van der Waals surface area contributed by atoms with E-state index in [1.54, 1.807) is 17.8 Å². The summed E-state index contributed by atoms with van der Waals surface area (Å²) in [6.07, 6.45) is 1.65. The van der Waals surface area contributed by atoms with Crippen LogP contribution in [-0.4, -0.2) is 25.3 Å². The molecule has 4 rings (SSSR count). The van der Waals surface area contributed by atoms with E-state index >= 15 is 0 Å². The van der Waals surface area contributed by atoms with E-state index in [-0.39, 0.29) is 5.65 Å². The molecule has 10 heteroatoms. The molecule has 0 aliphatic heterocycles. The molecule has 152 valence electrons. The number of aromatic nitrogens is 4. The van der Waals surface area contributed by atoms with E-state index in [9.17, 15) is 9.59 Å². The van der Waals surface area contributed by atoms with Gasteiger partial charge < -0.3 is 0 Å². The molecule has 2 aromatic carbocycles. The van der Waals surface area contributed by atoms with E-state index in [1.165, 1.54) is 4.57 Å². The molecule has 30 heavy (non-hydrogen) atoms. The van der Waals surface area contributed by atoms with Crippen LogP contribution in [0.15, 0.2) is 72.2 Å². The molecule has 0 aliphatic rings. The monoisotopic (exact) mass is 530 g/mol. The fourth-order valence-corrected chi connectivity index (χ4v) is 3.72. The van der Waals surface area contributed by atoms with Crippen LogP contribution in [0.25, 0.3) is 11.2 Å². The number of imidazole rings is 1. The van der Waals surface area contributed by atoms with Crippen molar-refractivity contribution in [2.24, 2.45) is 12.1 Å². The molecular formula is C20H16Br2N6O2. The van der Waals surface area contributed by atoms with Gasteiger partial charge in [0, 0.05) is 16.0 Å². The van der Waals surface area contributed by atoms with Crippen LogP contribution < -0.4 is 16.7 Å². The van der Waals surface area contributed by atoms with Gasteiger partial charge in [-0.1, -0.05) is 56.1 Å². The van der Waals surface area contributed by atoms with Gasteiger partial charge in [0.2, 0.25) is 5.95 Å². The number of benzene rings is 2.